The van der Waals surface area contributed by atoms with E-state index >= 15 is 0 Å². The zero-order valence-corrected chi connectivity index (χ0v) is 18.1. The number of Topliss-reactive ketones (excluding diaryl/α,β-unsaturated/α-hetero) is 1. The third kappa shape index (κ3) is 4.14. The van der Waals surface area contributed by atoms with Gasteiger partial charge in [0.1, 0.15) is 11.5 Å². The number of rotatable bonds is 7. The zero-order chi connectivity index (χ0) is 22.7. The molecule has 2 aromatic carbocycles. The average molecular weight is 431 g/mol. The van der Waals surface area contributed by atoms with Crippen LogP contribution in [0.25, 0.3) is 5.76 Å². The van der Waals surface area contributed by atoms with Gasteiger partial charge in [0.15, 0.2) is 0 Å². The van der Waals surface area contributed by atoms with Crippen molar-refractivity contribution in [3.63, 3.8) is 0 Å². The molecule has 1 aromatic heterocycles. The van der Waals surface area contributed by atoms with Gasteiger partial charge in [0.05, 0.1) is 25.1 Å². The van der Waals surface area contributed by atoms with Gasteiger partial charge in [0.2, 0.25) is 0 Å². The number of amides is 1. The summed E-state index contributed by atoms with van der Waals surface area (Å²) in [5.41, 5.74) is 2.37. The van der Waals surface area contributed by atoms with E-state index in [0.717, 1.165) is 11.1 Å². The molecule has 1 fully saturated rings. The Labute approximate surface area is 186 Å². The molecule has 1 unspecified atom stereocenters. The fraction of sp³-hybridized carbons (Fsp3) is 0.240. The first-order valence-corrected chi connectivity index (χ1v) is 10.4. The molecule has 7 heteroatoms. The Kier molecular flexibility index (Phi) is 6.07. The maximum absolute atomic E-state index is 13.1. The second kappa shape index (κ2) is 9.09. The number of aromatic nitrogens is 2. The maximum atomic E-state index is 13.1. The van der Waals surface area contributed by atoms with Crippen molar-refractivity contribution in [3.8, 4) is 5.75 Å². The van der Waals surface area contributed by atoms with Crippen LogP contribution in [0.5, 0.6) is 5.75 Å². The number of carbonyl (C=O) groups is 2. The number of hydrogen-bond donors (Lipinski definition) is 1. The molecule has 1 aliphatic rings. The van der Waals surface area contributed by atoms with Crippen LogP contribution >= 0.6 is 0 Å². The second-order valence-corrected chi connectivity index (χ2v) is 7.79. The fourth-order valence-electron chi connectivity index (χ4n) is 3.97. The molecular weight excluding hydrogens is 406 g/mol. The van der Waals surface area contributed by atoms with Gasteiger partial charge in [-0.25, -0.2) is 4.98 Å². The van der Waals surface area contributed by atoms with Crippen molar-refractivity contribution < 1.29 is 19.4 Å². The Balaban J connectivity index is 1.73. The molecule has 7 nitrogen and oxygen atoms in total. The van der Waals surface area contributed by atoms with Gasteiger partial charge in [-0.15, -0.1) is 0 Å². The summed E-state index contributed by atoms with van der Waals surface area (Å²) in [5, 5.41) is 11.1. The van der Waals surface area contributed by atoms with Gasteiger partial charge in [-0.2, -0.15) is 0 Å². The van der Waals surface area contributed by atoms with Gasteiger partial charge in [-0.1, -0.05) is 42.0 Å². The van der Waals surface area contributed by atoms with E-state index < -0.39 is 17.7 Å². The van der Waals surface area contributed by atoms with E-state index in [-0.39, 0.29) is 11.3 Å². The van der Waals surface area contributed by atoms with Crippen LogP contribution in [0.15, 0.2) is 72.8 Å². The number of benzene rings is 2. The average Bonchev–Trinajstić information content (AvgIpc) is 3.41. The highest BCUT2D eigenvalue weighted by Gasteiger charge is 2.45. The summed E-state index contributed by atoms with van der Waals surface area (Å²) in [7, 11) is 1.53. The molecule has 4 rings (SSSR count). The molecule has 0 radical (unpaired) electrons. The van der Waals surface area contributed by atoms with Crippen LogP contribution in [0.2, 0.25) is 0 Å². The summed E-state index contributed by atoms with van der Waals surface area (Å²) in [4.78, 5) is 31.7. The Morgan fingerprint density at radius 3 is 2.59 bits per heavy atom. The topological polar surface area (TPSA) is 84.7 Å². The molecular formula is C25H25N3O4. The highest BCUT2D eigenvalue weighted by molar-refractivity contribution is 6.46. The number of aliphatic hydroxyl groups excluding tert-OH is 1. The molecule has 1 saturated heterocycles. The Morgan fingerprint density at radius 2 is 1.91 bits per heavy atom. The summed E-state index contributed by atoms with van der Waals surface area (Å²) >= 11 is 0. The smallest absolute Gasteiger partial charge is 0.295 e. The third-order valence-corrected chi connectivity index (χ3v) is 5.65. The van der Waals surface area contributed by atoms with Gasteiger partial charge in [-0.3, -0.25) is 9.59 Å². The first-order valence-electron chi connectivity index (χ1n) is 10.4. The number of ether oxygens (including phenoxy) is 1. The second-order valence-electron chi connectivity index (χ2n) is 7.79. The number of aryl methyl sites for hydroxylation is 2. The molecule has 1 N–H and O–H groups in total. The summed E-state index contributed by atoms with van der Waals surface area (Å²) in [5.74, 6) is -0.940. The summed E-state index contributed by atoms with van der Waals surface area (Å²) in [6.45, 7) is 3.01. The van der Waals surface area contributed by atoms with Crippen LogP contribution in [0.4, 0.5) is 0 Å². The van der Waals surface area contributed by atoms with E-state index in [1.54, 1.807) is 41.7 Å². The van der Waals surface area contributed by atoms with Crippen molar-refractivity contribution >= 4 is 17.4 Å². The number of ketones is 1. The van der Waals surface area contributed by atoms with Crippen molar-refractivity contribution in [1.29, 1.82) is 0 Å². The quantitative estimate of drug-likeness (QED) is 0.350. The highest BCUT2D eigenvalue weighted by atomic mass is 16.5. The van der Waals surface area contributed by atoms with Gasteiger partial charge >= 0.3 is 0 Å². The van der Waals surface area contributed by atoms with Crippen LogP contribution in [-0.2, 0) is 16.1 Å². The molecule has 164 valence electrons. The Hall–Kier alpha value is -3.87. The van der Waals surface area contributed by atoms with E-state index in [2.05, 4.69) is 4.98 Å². The van der Waals surface area contributed by atoms with Crippen LogP contribution < -0.4 is 4.74 Å². The van der Waals surface area contributed by atoms with Crippen molar-refractivity contribution in [2.24, 2.45) is 0 Å². The van der Waals surface area contributed by atoms with Crippen molar-refractivity contribution in [3.05, 3.63) is 89.5 Å². The first-order chi connectivity index (χ1) is 15.5. The summed E-state index contributed by atoms with van der Waals surface area (Å²) in [6.07, 6.45) is 5.92. The fourth-order valence-corrected chi connectivity index (χ4v) is 3.97. The summed E-state index contributed by atoms with van der Waals surface area (Å²) in [6, 6.07) is 13.8. The van der Waals surface area contributed by atoms with Crippen molar-refractivity contribution in [2.45, 2.75) is 25.9 Å². The highest BCUT2D eigenvalue weighted by Crippen LogP contribution is 2.39. The monoisotopic (exact) mass is 431 g/mol. The Morgan fingerprint density at radius 1 is 1.12 bits per heavy atom. The molecule has 3 aromatic rings. The van der Waals surface area contributed by atoms with Crippen LogP contribution in [0.1, 0.15) is 29.2 Å². The minimum Gasteiger partial charge on any atom is -0.507 e. The maximum Gasteiger partial charge on any atom is 0.295 e. The zero-order valence-electron chi connectivity index (χ0n) is 18.1. The van der Waals surface area contributed by atoms with Gasteiger partial charge in [0, 0.05) is 31.0 Å². The van der Waals surface area contributed by atoms with E-state index in [1.165, 1.54) is 7.11 Å². The number of carbonyl (C=O) groups excluding carboxylic acids is 2. The molecule has 0 bridgehead atoms. The Bertz CT molecular complexity index is 1150. The third-order valence-electron chi connectivity index (χ3n) is 5.65. The molecule has 1 amide bonds. The molecule has 1 atom stereocenters. The predicted octanol–water partition coefficient (Wildman–Crippen LogP) is 3.71. The van der Waals surface area contributed by atoms with Crippen LogP contribution in [0.3, 0.4) is 0 Å². The lowest BCUT2D eigenvalue weighted by molar-refractivity contribution is -0.139. The lowest BCUT2D eigenvalue weighted by Crippen LogP contribution is -2.31. The minimum atomic E-state index is -0.682. The van der Waals surface area contributed by atoms with E-state index in [1.807, 2.05) is 42.0 Å². The van der Waals surface area contributed by atoms with Crippen molar-refractivity contribution in [2.75, 3.05) is 13.7 Å². The van der Waals surface area contributed by atoms with Gasteiger partial charge < -0.3 is 19.3 Å². The van der Waals surface area contributed by atoms with Crippen LogP contribution in [-0.4, -0.2) is 44.9 Å². The lowest BCUT2D eigenvalue weighted by atomic mass is 9.94. The molecule has 0 saturated carbocycles. The molecule has 0 aliphatic carbocycles. The van der Waals surface area contributed by atoms with Gasteiger partial charge in [0.25, 0.3) is 11.7 Å². The predicted molar refractivity (Wildman–Crippen MR) is 120 cm³/mol. The molecule has 32 heavy (non-hydrogen) atoms. The van der Waals surface area contributed by atoms with E-state index in [9.17, 15) is 14.7 Å². The van der Waals surface area contributed by atoms with E-state index in [0.29, 0.717) is 30.8 Å². The molecule has 1 aliphatic heterocycles. The molecule has 0 spiro atoms. The number of hydrogen-bond acceptors (Lipinski definition) is 5. The number of imidazole rings is 1. The standard InChI is InChI=1S/C25H25N3O4/c1-17-7-9-18(10-8-17)22-21(23(29)19-5-3-6-20(15-19)32-2)24(30)25(31)28(22)13-4-12-27-14-11-26-16-27/h3,5-11,14-16,22,29H,4,12-13H2,1-2H3. The van der Waals surface area contributed by atoms with Crippen LogP contribution in [0, 0.1) is 6.92 Å². The van der Waals surface area contributed by atoms with Crippen molar-refractivity contribution in [1.82, 2.24) is 14.5 Å². The summed E-state index contributed by atoms with van der Waals surface area (Å²) < 4.78 is 7.17. The molecule has 2 heterocycles. The number of nitrogens with zero attached hydrogens (tertiary/aromatic N) is 3. The van der Waals surface area contributed by atoms with E-state index in [4.69, 9.17) is 4.74 Å². The minimum absolute atomic E-state index is 0.0923. The number of likely N-dealkylation sites (tertiary alicyclic amines) is 1. The normalized spacial score (nSPS) is 17.7. The lowest BCUT2D eigenvalue weighted by Gasteiger charge is -2.25. The largest absolute Gasteiger partial charge is 0.507 e. The number of aliphatic hydroxyl groups is 1. The number of methoxy groups -OCH3 is 1. The first kappa shape index (κ1) is 21.4. The SMILES string of the molecule is COc1cccc(C(O)=C2C(=O)C(=O)N(CCCn3ccnc3)C2c2ccc(C)cc2)c1. The van der Waals surface area contributed by atoms with Gasteiger partial charge in [-0.05, 0) is 31.0 Å².